The maximum absolute atomic E-state index is 13.3. The van der Waals surface area contributed by atoms with Crippen molar-refractivity contribution in [3.05, 3.63) is 93.8 Å². The molecule has 0 aliphatic heterocycles. The van der Waals surface area contributed by atoms with E-state index in [1.165, 1.54) is 0 Å². The van der Waals surface area contributed by atoms with E-state index >= 15 is 0 Å². The number of Topliss-reactive ketones (excluding diaryl/α,β-unsaturated/α-hetero) is 1. The number of benzene rings is 3. The fourth-order valence-corrected chi connectivity index (χ4v) is 3.19. The summed E-state index contributed by atoms with van der Waals surface area (Å²) in [6, 6.07) is 19.4. The summed E-state index contributed by atoms with van der Waals surface area (Å²) < 4.78 is 11.0. The quantitative estimate of drug-likeness (QED) is 0.269. The lowest BCUT2D eigenvalue weighted by atomic mass is 10.0. The molecule has 3 aromatic carbocycles. The Labute approximate surface area is 177 Å². The average Bonchev–Trinajstić information content (AvgIpc) is 3.18. The van der Waals surface area contributed by atoms with E-state index < -0.39 is 0 Å². The molecular formula is C23H15Cl2NO3. The smallest absolute Gasteiger partial charge is 0.231 e. The Kier molecular flexibility index (Phi) is 5.38. The molecule has 29 heavy (non-hydrogen) atoms. The van der Waals surface area contributed by atoms with Gasteiger partial charge in [0.1, 0.15) is 11.3 Å². The molecule has 0 radical (unpaired) electrons. The second kappa shape index (κ2) is 8.11. The van der Waals surface area contributed by atoms with Crippen LogP contribution in [-0.2, 0) is 0 Å². The van der Waals surface area contributed by atoms with E-state index in [0.717, 1.165) is 0 Å². The lowest BCUT2D eigenvalue weighted by molar-refractivity contribution is 0.105. The van der Waals surface area contributed by atoms with Crippen molar-refractivity contribution in [3.63, 3.8) is 0 Å². The van der Waals surface area contributed by atoms with Crippen LogP contribution in [0.1, 0.15) is 21.8 Å². The lowest BCUT2D eigenvalue weighted by Gasteiger charge is -2.06. The van der Waals surface area contributed by atoms with Crippen LogP contribution < -0.4 is 4.74 Å². The highest BCUT2D eigenvalue weighted by Crippen LogP contribution is 2.29. The van der Waals surface area contributed by atoms with Crippen LogP contribution in [0.4, 0.5) is 0 Å². The number of halogens is 2. The summed E-state index contributed by atoms with van der Waals surface area (Å²) in [5, 5.41) is 0.836. The number of allylic oxidation sites excluding steroid dienone is 1. The van der Waals surface area contributed by atoms with Crippen LogP contribution in [0.5, 0.6) is 5.75 Å². The Bertz CT molecular complexity index is 1190. The highest BCUT2D eigenvalue weighted by atomic mass is 35.5. The molecule has 1 heterocycles. The molecule has 0 aliphatic rings. The van der Waals surface area contributed by atoms with Gasteiger partial charge in [0.2, 0.25) is 5.89 Å². The van der Waals surface area contributed by atoms with Gasteiger partial charge in [0.05, 0.1) is 22.7 Å². The number of hydrogen-bond acceptors (Lipinski definition) is 4. The highest BCUT2D eigenvalue weighted by molar-refractivity contribution is 6.42. The molecular weight excluding hydrogens is 409 g/mol. The summed E-state index contributed by atoms with van der Waals surface area (Å²) in [6.07, 6.45) is 1.69. The molecule has 0 amide bonds. The number of rotatable bonds is 5. The molecule has 1 aromatic heterocycles. The molecule has 0 fully saturated rings. The molecule has 4 aromatic rings. The molecule has 0 N–H and O–H groups in total. The third-order valence-corrected chi connectivity index (χ3v) is 5.11. The molecule has 0 unspecified atom stereocenters. The minimum Gasteiger partial charge on any atom is -0.497 e. The van der Waals surface area contributed by atoms with E-state index in [2.05, 4.69) is 4.98 Å². The molecule has 0 spiro atoms. The van der Waals surface area contributed by atoms with E-state index in [4.69, 9.17) is 32.4 Å². The number of para-hydroxylation sites is 2. The van der Waals surface area contributed by atoms with Gasteiger partial charge >= 0.3 is 0 Å². The van der Waals surface area contributed by atoms with Crippen LogP contribution >= 0.6 is 23.2 Å². The summed E-state index contributed by atoms with van der Waals surface area (Å²) >= 11 is 12.2. The van der Waals surface area contributed by atoms with Crippen molar-refractivity contribution in [1.82, 2.24) is 4.98 Å². The van der Waals surface area contributed by atoms with Crippen molar-refractivity contribution < 1.29 is 13.9 Å². The van der Waals surface area contributed by atoms with Crippen LogP contribution in [-0.4, -0.2) is 17.9 Å². The second-order valence-electron chi connectivity index (χ2n) is 6.28. The lowest BCUT2D eigenvalue weighted by Crippen LogP contribution is -2.03. The Morgan fingerprint density at radius 3 is 2.45 bits per heavy atom. The van der Waals surface area contributed by atoms with E-state index in [1.54, 1.807) is 61.7 Å². The zero-order valence-electron chi connectivity index (χ0n) is 15.4. The van der Waals surface area contributed by atoms with Crippen LogP contribution in [0.25, 0.3) is 22.7 Å². The number of aromatic nitrogens is 1. The molecule has 0 saturated carbocycles. The number of hydrogen-bond donors (Lipinski definition) is 0. The first-order valence-corrected chi connectivity index (χ1v) is 9.52. The monoisotopic (exact) mass is 423 g/mol. The van der Waals surface area contributed by atoms with Gasteiger partial charge in [-0.2, -0.15) is 0 Å². The summed E-state index contributed by atoms with van der Waals surface area (Å²) in [6.45, 7) is 0. The fraction of sp³-hybridized carbons (Fsp3) is 0.0435. The van der Waals surface area contributed by atoms with E-state index in [-0.39, 0.29) is 11.7 Å². The van der Waals surface area contributed by atoms with Crippen molar-refractivity contribution in [2.45, 2.75) is 0 Å². The maximum Gasteiger partial charge on any atom is 0.231 e. The number of methoxy groups -OCH3 is 1. The summed E-state index contributed by atoms with van der Waals surface area (Å²) in [5.41, 5.74) is 2.78. The number of oxazole rings is 1. The van der Waals surface area contributed by atoms with Crippen LogP contribution in [0, 0.1) is 0 Å². The number of fused-ring (bicyclic) bond motifs is 1. The van der Waals surface area contributed by atoms with E-state index in [1.807, 2.05) is 18.2 Å². The number of carbonyl (C=O) groups is 1. The maximum atomic E-state index is 13.3. The predicted molar refractivity (Wildman–Crippen MR) is 116 cm³/mol. The number of carbonyl (C=O) groups excluding carboxylic acids is 1. The van der Waals surface area contributed by atoms with Gasteiger partial charge in [-0.25, -0.2) is 4.98 Å². The van der Waals surface area contributed by atoms with Crippen LogP contribution in [0.2, 0.25) is 10.0 Å². The van der Waals surface area contributed by atoms with Crippen LogP contribution in [0.3, 0.4) is 0 Å². The Morgan fingerprint density at radius 1 is 1.00 bits per heavy atom. The molecule has 0 aliphatic carbocycles. The second-order valence-corrected chi connectivity index (χ2v) is 7.09. The molecule has 4 nitrogen and oxygen atoms in total. The third kappa shape index (κ3) is 4.04. The molecule has 6 heteroatoms. The van der Waals surface area contributed by atoms with Crippen molar-refractivity contribution in [2.75, 3.05) is 7.11 Å². The zero-order valence-corrected chi connectivity index (χ0v) is 16.9. The topological polar surface area (TPSA) is 52.3 Å². The van der Waals surface area contributed by atoms with Gasteiger partial charge in [-0.3, -0.25) is 4.79 Å². The van der Waals surface area contributed by atoms with Gasteiger partial charge in [0.15, 0.2) is 11.4 Å². The number of ketones is 1. The largest absolute Gasteiger partial charge is 0.497 e. The minimum absolute atomic E-state index is 0.231. The predicted octanol–water partition coefficient (Wildman–Crippen LogP) is 6.57. The summed E-state index contributed by atoms with van der Waals surface area (Å²) in [4.78, 5) is 17.8. The van der Waals surface area contributed by atoms with E-state index in [0.29, 0.717) is 43.6 Å². The Hall–Kier alpha value is -3.08. The first-order valence-electron chi connectivity index (χ1n) is 8.76. The van der Waals surface area contributed by atoms with Crippen LogP contribution in [0.15, 0.2) is 71.1 Å². The van der Waals surface area contributed by atoms with Crippen molar-refractivity contribution in [3.8, 4) is 5.75 Å². The molecule has 144 valence electrons. The first kappa shape index (κ1) is 19.2. The third-order valence-electron chi connectivity index (χ3n) is 4.38. The number of nitrogens with zero attached hydrogens (tertiary/aromatic N) is 1. The first-order chi connectivity index (χ1) is 14.0. The van der Waals surface area contributed by atoms with E-state index in [9.17, 15) is 4.79 Å². The average molecular weight is 424 g/mol. The van der Waals surface area contributed by atoms with Crippen molar-refractivity contribution in [2.24, 2.45) is 0 Å². The van der Waals surface area contributed by atoms with Gasteiger partial charge in [-0.15, -0.1) is 0 Å². The molecule has 0 atom stereocenters. The summed E-state index contributed by atoms with van der Waals surface area (Å²) in [5.74, 6) is 0.668. The van der Waals surface area contributed by atoms with Crippen molar-refractivity contribution >= 4 is 51.7 Å². The molecule has 0 saturated heterocycles. The fourth-order valence-electron chi connectivity index (χ4n) is 2.88. The van der Waals surface area contributed by atoms with Gasteiger partial charge in [0, 0.05) is 5.56 Å². The van der Waals surface area contributed by atoms with Gasteiger partial charge in [0.25, 0.3) is 0 Å². The Morgan fingerprint density at radius 2 is 1.76 bits per heavy atom. The zero-order chi connectivity index (χ0) is 20.4. The standard InChI is InChI=1S/C23H15Cl2NO3/c1-28-16-9-7-15(8-10-16)22(27)17(12-14-6-11-18(24)19(25)13-14)23-26-20-4-2-3-5-21(20)29-23/h2-13H,1H3. The minimum atomic E-state index is -0.231. The van der Waals surface area contributed by atoms with Gasteiger partial charge in [-0.05, 0) is 60.2 Å². The Balaban J connectivity index is 1.84. The SMILES string of the molecule is COc1ccc(C(=O)C(=Cc2ccc(Cl)c(Cl)c2)c2nc3ccccc3o2)cc1. The van der Waals surface area contributed by atoms with Crippen molar-refractivity contribution in [1.29, 1.82) is 0 Å². The van der Waals surface area contributed by atoms with Gasteiger partial charge < -0.3 is 9.15 Å². The van der Waals surface area contributed by atoms with Gasteiger partial charge in [-0.1, -0.05) is 41.4 Å². The normalized spacial score (nSPS) is 11.6. The molecule has 4 rings (SSSR count). The highest BCUT2D eigenvalue weighted by Gasteiger charge is 2.20. The molecule has 0 bridgehead atoms. The number of ether oxygens (including phenoxy) is 1. The summed E-state index contributed by atoms with van der Waals surface area (Å²) in [7, 11) is 1.57.